The van der Waals surface area contributed by atoms with Gasteiger partial charge in [0.2, 0.25) is 5.91 Å². The van der Waals surface area contributed by atoms with Crippen LogP contribution in [0.3, 0.4) is 0 Å². The lowest BCUT2D eigenvalue weighted by atomic mass is 9.87. The van der Waals surface area contributed by atoms with Crippen LogP contribution in [-0.4, -0.2) is 25.7 Å². The van der Waals surface area contributed by atoms with E-state index in [1.54, 1.807) is 5.56 Å². The summed E-state index contributed by atoms with van der Waals surface area (Å²) >= 11 is 0. The molecule has 2 fully saturated rings. The normalized spacial score (nSPS) is 30.9. The topological polar surface area (TPSA) is 38.3 Å². The molecule has 4 rings (SSSR count). The molecule has 3 heteroatoms. The molecular weight excluding hydrogens is 286 g/mol. The van der Waals surface area contributed by atoms with E-state index in [2.05, 4.69) is 36.5 Å². The molecule has 1 aromatic rings. The van der Waals surface area contributed by atoms with Gasteiger partial charge < -0.3 is 10.1 Å². The molecule has 0 unspecified atom stereocenters. The molecule has 1 aliphatic heterocycles. The quantitative estimate of drug-likeness (QED) is 0.927. The third kappa shape index (κ3) is 2.91. The van der Waals surface area contributed by atoms with E-state index in [0.717, 1.165) is 38.5 Å². The monoisotopic (exact) mass is 313 g/mol. The Morgan fingerprint density at radius 2 is 2.04 bits per heavy atom. The molecule has 2 aliphatic carbocycles. The van der Waals surface area contributed by atoms with Crippen LogP contribution in [0, 0.1) is 23.7 Å². The number of hydrogen-bond donors (Lipinski definition) is 1. The van der Waals surface area contributed by atoms with E-state index in [4.69, 9.17) is 4.74 Å². The van der Waals surface area contributed by atoms with Crippen molar-refractivity contribution in [2.45, 2.75) is 38.5 Å². The summed E-state index contributed by atoms with van der Waals surface area (Å²) in [6, 6.07) is 8.86. The lowest BCUT2D eigenvalue weighted by molar-refractivity contribution is -0.127. The zero-order valence-electron chi connectivity index (χ0n) is 14.0. The summed E-state index contributed by atoms with van der Waals surface area (Å²) in [6.07, 6.45) is 4.55. The SMILES string of the molecule is C[C@H](C(=O)NC[C@H]1[C@@H]2CCc3ccccc3[C@H]21)C1CCOCC1. The van der Waals surface area contributed by atoms with Gasteiger partial charge in [0.25, 0.3) is 0 Å². The van der Waals surface area contributed by atoms with Crippen molar-refractivity contribution in [3.8, 4) is 0 Å². The van der Waals surface area contributed by atoms with Gasteiger partial charge in [-0.2, -0.15) is 0 Å². The van der Waals surface area contributed by atoms with Crippen molar-refractivity contribution in [1.29, 1.82) is 0 Å². The third-order valence-corrected chi connectivity index (χ3v) is 6.39. The van der Waals surface area contributed by atoms with Crippen molar-refractivity contribution >= 4 is 5.91 Å². The number of hydrogen-bond acceptors (Lipinski definition) is 2. The maximum absolute atomic E-state index is 12.5. The van der Waals surface area contributed by atoms with Gasteiger partial charge in [-0.25, -0.2) is 0 Å². The zero-order valence-corrected chi connectivity index (χ0v) is 14.0. The van der Waals surface area contributed by atoms with Crippen molar-refractivity contribution in [2.24, 2.45) is 23.7 Å². The molecule has 0 aromatic heterocycles. The summed E-state index contributed by atoms with van der Waals surface area (Å²) in [4.78, 5) is 12.5. The molecule has 23 heavy (non-hydrogen) atoms. The minimum Gasteiger partial charge on any atom is -0.381 e. The van der Waals surface area contributed by atoms with Gasteiger partial charge in [0.05, 0.1) is 0 Å². The van der Waals surface area contributed by atoms with Gasteiger partial charge in [-0.15, -0.1) is 0 Å². The average Bonchev–Trinajstić information content (AvgIpc) is 3.33. The molecule has 1 N–H and O–H groups in total. The second-order valence-corrected chi connectivity index (χ2v) is 7.57. The first-order valence-corrected chi connectivity index (χ1v) is 9.19. The predicted molar refractivity (Wildman–Crippen MR) is 90.2 cm³/mol. The number of aryl methyl sites for hydroxylation is 1. The van der Waals surface area contributed by atoms with Crippen LogP contribution < -0.4 is 5.32 Å². The van der Waals surface area contributed by atoms with Gasteiger partial charge >= 0.3 is 0 Å². The summed E-state index contributed by atoms with van der Waals surface area (Å²) < 4.78 is 5.40. The Bertz CT molecular complexity index is 579. The number of carbonyl (C=O) groups excluding carboxylic acids is 1. The number of ether oxygens (including phenoxy) is 1. The molecular formula is C20H27NO2. The molecule has 0 bridgehead atoms. The summed E-state index contributed by atoms with van der Waals surface area (Å²) in [5.74, 6) is 3.00. The molecule has 1 saturated heterocycles. The molecule has 3 aliphatic rings. The minimum atomic E-state index is 0.118. The molecule has 1 aromatic carbocycles. The minimum absolute atomic E-state index is 0.118. The van der Waals surface area contributed by atoms with E-state index in [-0.39, 0.29) is 11.8 Å². The molecule has 124 valence electrons. The highest BCUT2D eigenvalue weighted by atomic mass is 16.5. The van der Waals surface area contributed by atoms with E-state index in [9.17, 15) is 4.79 Å². The van der Waals surface area contributed by atoms with Crippen molar-refractivity contribution in [1.82, 2.24) is 5.32 Å². The predicted octanol–water partition coefficient (Wildman–Crippen LogP) is 3.14. The first-order chi connectivity index (χ1) is 11.3. The Balaban J connectivity index is 1.31. The smallest absolute Gasteiger partial charge is 0.223 e. The molecule has 4 atom stereocenters. The first-order valence-electron chi connectivity index (χ1n) is 9.19. The standard InChI is InChI=1S/C20H27NO2/c1-13(14-8-10-23-11-9-14)20(22)21-12-18-17-7-6-15-4-2-3-5-16(15)19(17)18/h2-5,13-14,17-19H,6-12H2,1H3,(H,21,22)/t13-,17-,18-,19+/m0/s1. The van der Waals surface area contributed by atoms with Crippen LogP contribution in [0.2, 0.25) is 0 Å². The first kappa shape index (κ1) is 15.2. The Morgan fingerprint density at radius 1 is 1.26 bits per heavy atom. The Labute approximate surface area is 138 Å². The molecule has 0 spiro atoms. The maximum Gasteiger partial charge on any atom is 0.223 e. The summed E-state index contributed by atoms with van der Waals surface area (Å²) in [5, 5.41) is 3.25. The Morgan fingerprint density at radius 3 is 2.87 bits per heavy atom. The van der Waals surface area contributed by atoms with E-state index in [0.29, 0.717) is 17.8 Å². The molecule has 3 nitrogen and oxygen atoms in total. The Hall–Kier alpha value is -1.35. The van der Waals surface area contributed by atoms with E-state index >= 15 is 0 Å². The molecule has 1 heterocycles. The van der Waals surface area contributed by atoms with Crippen molar-refractivity contribution in [3.63, 3.8) is 0 Å². The van der Waals surface area contributed by atoms with Crippen molar-refractivity contribution < 1.29 is 9.53 Å². The third-order valence-electron chi connectivity index (χ3n) is 6.39. The fourth-order valence-electron chi connectivity index (χ4n) is 4.80. The van der Waals surface area contributed by atoms with Gasteiger partial charge in [-0.1, -0.05) is 31.2 Å². The van der Waals surface area contributed by atoms with Crippen molar-refractivity contribution in [2.75, 3.05) is 19.8 Å². The molecule has 1 saturated carbocycles. The second kappa shape index (κ2) is 6.27. The van der Waals surface area contributed by atoms with Crippen LogP contribution in [-0.2, 0) is 16.0 Å². The molecule has 0 radical (unpaired) electrons. The lowest BCUT2D eigenvalue weighted by Crippen LogP contribution is -2.36. The average molecular weight is 313 g/mol. The van der Waals surface area contributed by atoms with E-state index < -0.39 is 0 Å². The highest BCUT2D eigenvalue weighted by molar-refractivity contribution is 5.78. The second-order valence-electron chi connectivity index (χ2n) is 7.57. The largest absolute Gasteiger partial charge is 0.381 e. The number of carbonyl (C=O) groups is 1. The fraction of sp³-hybridized carbons (Fsp3) is 0.650. The van der Waals surface area contributed by atoms with Gasteiger partial charge in [0, 0.05) is 25.7 Å². The number of fused-ring (bicyclic) bond motifs is 3. The number of nitrogens with one attached hydrogen (secondary N) is 1. The number of benzene rings is 1. The molecule has 1 amide bonds. The van der Waals surface area contributed by atoms with Crippen LogP contribution >= 0.6 is 0 Å². The van der Waals surface area contributed by atoms with Gasteiger partial charge in [-0.05, 0) is 60.5 Å². The van der Waals surface area contributed by atoms with Gasteiger partial charge in [0.1, 0.15) is 0 Å². The van der Waals surface area contributed by atoms with Crippen LogP contribution in [0.25, 0.3) is 0 Å². The van der Waals surface area contributed by atoms with Crippen LogP contribution in [0.1, 0.15) is 43.2 Å². The van der Waals surface area contributed by atoms with Crippen molar-refractivity contribution in [3.05, 3.63) is 35.4 Å². The fourth-order valence-corrected chi connectivity index (χ4v) is 4.80. The Kier molecular flexibility index (Phi) is 4.14. The number of rotatable bonds is 4. The highest BCUT2D eigenvalue weighted by Gasteiger charge is 2.52. The zero-order chi connectivity index (χ0) is 15.8. The van der Waals surface area contributed by atoms with Crippen LogP contribution in [0.15, 0.2) is 24.3 Å². The maximum atomic E-state index is 12.5. The summed E-state index contributed by atoms with van der Waals surface area (Å²) in [5.41, 5.74) is 3.07. The number of amides is 1. The summed E-state index contributed by atoms with van der Waals surface area (Å²) in [7, 11) is 0. The lowest BCUT2D eigenvalue weighted by Gasteiger charge is -2.27. The van der Waals surface area contributed by atoms with Gasteiger partial charge in [-0.3, -0.25) is 4.79 Å². The van der Waals surface area contributed by atoms with E-state index in [1.165, 1.54) is 18.4 Å². The van der Waals surface area contributed by atoms with Crippen LogP contribution in [0.5, 0.6) is 0 Å². The van der Waals surface area contributed by atoms with Gasteiger partial charge in [0.15, 0.2) is 0 Å². The summed E-state index contributed by atoms with van der Waals surface area (Å²) in [6.45, 7) is 4.56. The highest BCUT2D eigenvalue weighted by Crippen LogP contribution is 2.59. The van der Waals surface area contributed by atoms with Crippen LogP contribution in [0.4, 0.5) is 0 Å². The van der Waals surface area contributed by atoms with E-state index in [1.807, 2.05) is 0 Å².